The number of carbonyl (C=O) groups excluding carboxylic acids is 1. The molecule has 1 N–H and O–H groups in total. The van der Waals surface area contributed by atoms with Crippen molar-refractivity contribution in [1.29, 1.82) is 0 Å². The number of hydrogen-bond donors (Lipinski definition) is 1. The number of nitrogens with zero attached hydrogens (tertiary/aromatic N) is 2. The Labute approximate surface area is 282 Å². The zero-order chi connectivity index (χ0) is 33.3. The van der Waals surface area contributed by atoms with Crippen molar-refractivity contribution < 1.29 is 14.5 Å². The second kappa shape index (κ2) is 20.4. The molecule has 46 heavy (non-hydrogen) atoms. The van der Waals surface area contributed by atoms with Crippen molar-refractivity contribution in [3.05, 3.63) is 70.0 Å². The van der Waals surface area contributed by atoms with E-state index in [9.17, 15) is 9.90 Å². The van der Waals surface area contributed by atoms with Crippen LogP contribution in [0.5, 0.6) is 0 Å². The first-order valence-corrected chi connectivity index (χ1v) is 18.9. The number of carbonyl (C=O) groups is 1. The third-order valence-corrected chi connectivity index (χ3v) is 9.74. The Morgan fingerprint density at radius 2 is 1.22 bits per heavy atom. The van der Waals surface area contributed by atoms with Crippen molar-refractivity contribution in [1.82, 2.24) is 0 Å². The fourth-order valence-corrected chi connectivity index (χ4v) is 6.81. The Morgan fingerprint density at radius 1 is 0.674 bits per heavy atom. The van der Waals surface area contributed by atoms with Crippen LogP contribution in [0.2, 0.25) is 0 Å². The molecule has 0 spiro atoms. The molecule has 0 unspecified atom stereocenters. The summed E-state index contributed by atoms with van der Waals surface area (Å²) in [5.74, 6) is 0.0971. The number of aliphatic hydroxyl groups is 1. The topological polar surface area (TPSA) is 43.5 Å². The van der Waals surface area contributed by atoms with E-state index in [0.717, 1.165) is 48.5 Å². The summed E-state index contributed by atoms with van der Waals surface area (Å²) in [6.45, 7) is 17.5. The van der Waals surface area contributed by atoms with Gasteiger partial charge in [-0.05, 0) is 80.0 Å². The second-order valence-corrected chi connectivity index (χ2v) is 13.6. The van der Waals surface area contributed by atoms with E-state index in [2.05, 4.69) is 87.4 Å². The van der Waals surface area contributed by atoms with E-state index >= 15 is 0 Å². The van der Waals surface area contributed by atoms with Gasteiger partial charge in [0.15, 0.2) is 5.71 Å². The van der Waals surface area contributed by atoms with E-state index in [0.29, 0.717) is 11.1 Å². The lowest BCUT2D eigenvalue weighted by atomic mass is 9.77. The lowest BCUT2D eigenvalue weighted by molar-refractivity contribution is -0.527. The first-order valence-electron chi connectivity index (χ1n) is 18.9. The average molecular weight is 630 g/mol. The van der Waals surface area contributed by atoms with Gasteiger partial charge in [0.25, 0.3) is 0 Å². The van der Waals surface area contributed by atoms with Gasteiger partial charge < -0.3 is 10.0 Å². The Balaban J connectivity index is 1.82. The molecule has 4 heteroatoms. The highest BCUT2D eigenvalue weighted by Gasteiger charge is 2.38. The highest BCUT2D eigenvalue weighted by Crippen LogP contribution is 2.42. The van der Waals surface area contributed by atoms with Crippen LogP contribution in [0, 0.1) is 6.92 Å². The van der Waals surface area contributed by atoms with Crippen molar-refractivity contribution >= 4 is 22.8 Å². The predicted octanol–water partition coefficient (Wildman–Crippen LogP) is 11.2. The van der Waals surface area contributed by atoms with Gasteiger partial charge >= 0.3 is 0 Å². The summed E-state index contributed by atoms with van der Waals surface area (Å²) in [4.78, 5) is 16.2. The minimum absolute atomic E-state index is 0.0452. The summed E-state index contributed by atoms with van der Waals surface area (Å²) in [6, 6.07) is 6.43. The summed E-state index contributed by atoms with van der Waals surface area (Å²) >= 11 is 0. The minimum atomic E-state index is -0.0452. The molecule has 0 saturated carbocycles. The fourth-order valence-electron chi connectivity index (χ4n) is 6.81. The molecule has 4 nitrogen and oxygen atoms in total. The zero-order valence-electron chi connectivity index (χ0n) is 30.4. The first-order chi connectivity index (χ1) is 22.4. The van der Waals surface area contributed by atoms with Gasteiger partial charge in [0.1, 0.15) is 18.8 Å². The SMILES string of the molecule is CCCCCCN(CCCCCC)c1ccc(C2=C(O)/C(=C3/C=CC(=[N+](CCCCCC)CCCCCC)C=C3C)C2=O)c(C)c1. The van der Waals surface area contributed by atoms with Gasteiger partial charge in [0, 0.05) is 43.8 Å². The van der Waals surface area contributed by atoms with Gasteiger partial charge in [-0.15, -0.1) is 0 Å². The van der Waals surface area contributed by atoms with E-state index in [1.807, 2.05) is 0 Å². The minimum Gasteiger partial charge on any atom is -0.506 e. The molecule has 0 fully saturated rings. The zero-order valence-corrected chi connectivity index (χ0v) is 30.4. The van der Waals surface area contributed by atoms with Crippen molar-refractivity contribution in [2.75, 3.05) is 31.1 Å². The molecule has 0 atom stereocenters. The number of aryl methyl sites for hydroxylation is 1. The van der Waals surface area contributed by atoms with Crippen LogP contribution in [0.4, 0.5) is 5.69 Å². The van der Waals surface area contributed by atoms with Gasteiger partial charge in [-0.1, -0.05) is 98.0 Å². The van der Waals surface area contributed by atoms with Crippen LogP contribution in [-0.2, 0) is 4.79 Å². The van der Waals surface area contributed by atoms with Gasteiger partial charge in [-0.3, -0.25) is 4.79 Å². The number of hydrogen-bond acceptors (Lipinski definition) is 3. The maximum atomic E-state index is 13.7. The molecule has 1 aromatic carbocycles. The monoisotopic (exact) mass is 630 g/mol. The highest BCUT2D eigenvalue weighted by molar-refractivity contribution is 6.39. The molecule has 2 aliphatic rings. The Morgan fingerprint density at radius 3 is 1.70 bits per heavy atom. The van der Waals surface area contributed by atoms with Crippen LogP contribution in [0.15, 0.2) is 58.9 Å². The highest BCUT2D eigenvalue weighted by atomic mass is 16.3. The van der Waals surface area contributed by atoms with Gasteiger partial charge in [0.2, 0.25) is 5.78 Å². The number of aliphatic hydroxyl groups excluding tert-OH is 1. The molecule has 2 aliphatic carbocycles. The van der Waals surface area contributed by atoms with E-state index < -0.39 is 0 Å². The third kappa shape index (κ3) is 10.6. The lowest BCUT2D eigenvalue weighted by Gasteiger charge is -2.28. The van der Waals surface area contributed by atoms with Crippen molar-refractivity contribution in [3.8, 4) is 0 Å². The average Bonchev–Trinajstić information content (AvgIpc) is 3.05. The summed E-state index contributed by atoms with van der Waals surface area (Å²) in [5.41, 5.74) is 7.19. The number of ketones is 1. The number of rotatable bonds is 22. The molecule has 0 saturated heterocycles. The molecule has 0 bridgehead atoms. The Bertz CT molecular complexity index is 1270. The molecule has 0 radical (unpaired) electrons. The molecular weight excluding hydrogens is 564 g/mol. The summed E-state index contributed by atoms with van der Waals surface area (Å²) in [7, 11) is 0. The standard InChI is InChI=1S/C42H64N2O2/c1-7-11-15-19-27-43(28-20-16-12-8-2)35-23-25-37(33(5)31-35)39-41(45)40(42(39)46)38-26-24-36(32-34(38)6)44(29-21-17-13-9-3)30-22-18-14-10-4/h23-26,31-32H,7-22,27-30H2,1-6H3/p+1. The largest absolute Gasteiger partial charge is 0.506 e. The molecule has 0 aliphatic heterocycles. The number of benzene rings is 1. The van der Waals surface area contributed by atoms with Crippen LogP contribution >= 0.6 is 0 Å². The number of unbranched alkanes of at least 4 members (excludes halogenated alkanes) is 12. The van der Waals surface area contributed by atoms with Crippen molar-refractivity contribution in [3.63, 3.8) is 0 Å². The normalized spacial score (nSPS) is 16.3. The third-order valence-electron chi connectivity index (χ3n) is 9.74. The van der Waals surface area contributed by atoms with Crippen LogP contribution in [0.25, 0.3) is 5.57 Å². The molecule has 254 valence electrons. The van der Waals surface area contributed by atoms with Gasteiger partial charge in [0.05, 0.1) is 11.1 Å². The van der Waals surface area contributed by atoms with E-state index in [-0.39, 0.29) is 11.5 Å². The van der Waals surface area contributed by atoms with Crippen LogP contribution in [-0.4, -0.2) is 47.4 Å². The quantitative estimate of drug-likeness (QED) is 0.0788. The molecule has 0 aromatic heterocycles. The van der Waals surface area contributed by atoms with Crippen molar-refractivity contribution in [2.24, 2.45) is 0 Å². The van der Waals surface area contributed by atoms with E-state index in [1.165, 1.54) is 114 Å². The smallest absolute Gasteiger partial charge is 0.201 e. The second-order valence-electron chi connectivity index (χ2n) is 13.6. The lowest BCUT2D eigenvalue weighted by Crippen LogP contribution is -2.27. The Kier molecular flexibility index (Phi) is 16.6. The van der Waals surface area contributed by atoms with E-state index in [4.69, 9.17) is 0 Å². The summed E-state index contributed by atoms with van der Waals surface area (Å²) in [5, 5.41) is 11.3. The predicted molar refractivity (Wildman–Crippen MR) is 199 cm³/mol. The number of allylic oxidation sites excluding steroid dienone is 7. The van der Waals surface area contributed by atoms with Crippen LogP contribution in [0.3, 0.4) is 0 Å². The molecule has 0 heterocycles. The fraction of sp³-hybridized carbons (Fsp3) is 0.619. The van der Waals surface area contributed by atoms with Crippen molar-refractivity contribution in [2.45, 2.75) is 144 Å². The van der Waals surface area contributed by atoms with Gasteiger partial charge in [-0.2, -0.15) is 0 Å². The van der Waals surface area contributed by atoms with E-state index in [1.54, 1.807) is 0 Å². The summed E-state index contributed by atoms with van der Waals surface area (Å²) < 4.78 is 2.53. The van der Waals surface area contributed by atoms with Crippen LogP contribution in [0.1, 0.15) is 148 Å². The number of anilines is 1. The van der Waals surface area contributed by atoms with Crippen LogP contribution < -0.4 is 4.90 Å². The molecule has 3 rings (SSSR count). The van der Waals surface area contributed by atoms with Gasteiger partial charge in [-0.25, -0.2) is 4.58 Å². The maximum absolute atomic E-state index is 13.7. The summed E-state index contributed by atoms with van der Waals surface area (Å²) in [6.07, 6.45) is 26.5. The first kappa shape index (κ1) is 37.6. The molecular formula is C42H65N2O2+. The maximum Gasteiger partial charge on any atom is 0.201 e. The molecule has 0 amide bonds. The number of Topliss-reactive ketones (excluding diaryl/α,β-unsaturated/α-hetero) is 1. The Hall–Kier alpha value is -2.88. The molecule has 1 aromatic rings.